The number of fused-ring (bicyclic) bond motifs is 1. The lowest BCUT2D eigenvalue weighted by Gasteiger charge is -2.01. The number of hydrogen-bond acceptors (Lipinski definition) is 2. The molecule has 3 rings (SSSR count). The molecule has 20 heavy (non-hydrogen) atoms. The van der Waals surface area contributed by atoms with E-state index in [2.05, 4.69) is 25.9 Å². The Morgan fingerprint density at radius 1 is 1.10 bits per heavy atom. The van der Waals surface area contributed by atoms with Gasteiger partial charge in [0.05, 0.1) is 21.1 Å². The number of aromatic amines is 1. The van der Waals surface area contributed by atoms with E-state index in [4.69, 9.17) is 23.2 Å². The van der Waals surface area contributed by atoms with E-state index in [1.54, 1.807) is 11.8 Å². The Morgan fingerprint density at radius 3 is 2.75 bits per heavy atom. The maximum atomic E-state index is 6.01. The van der Waals surface area contributed by atoms with Crippen LogP contribution in [0.1, 0.15) is 5.56 Å². The molecule has 0 amide bonds. The van der Waals surface area contributed by atoms with Crippen molar-refractivity contribution in [1.82, 2.24) is 9.97 Å². The van der Waals surface area contributed by atoms with Gasteiger partial charge >= 0.3 is 0 Å². The van der Waals surface area contributed by atoms with Gasteiger partial charge in [-0.05, 0) is 35.9 Å². The highest BCUT2D eigenvalue weighted by molar-refractivity contribution is 9.10. The van der Waals surface area contributed by atoms with Crippen LogP contribution in [-0.4, -0.2) is 9.97 Å². The van der Waals surface area contributed by atoms with Crippen molar-refractivity contribution in [1.29, 1.82) is 0 Å². The molecule has 0 aliphatic heterocycles. The molecule has 6 heteroatoms. The van der Waals surface area contributed by atoms with Gasteiger partial charge in [-0.15, -0.1) is 0 Å². The number of thioether (sulfide) groups is 1. The van der Waals surface area contributed by atoms with E-state index in [0.29, 0.717) is 10.0 Å². The van der Waals surface area contributed by atoms with E-state index in [1.165, 1.54) is 0 Å². The Bertz CT molecular complexity index is 773. The molecule has 0 radical (unpaired) electrons. The molecule has 0 spiro atoms. The topological polar surface area (TPSA) is 28.7 Å². The molecule has 1 aromatic heterocycles. The zero-order valence-corrected chi connectivity index (χ0v) is 14.1. The molecule has 3 aromatic rings. The van der Waals surface area contributed by atoms with E-state index < -0.39 is 0 Å². The second-order valence-electron chi connectivity index (χ2n) is 4.24. The minimum absolute atomic E-state index is 0.578. The molecular formula is C14H9BrCl2N2S. The van der Waals surface area contributed by atoms with Gasteiger partial charge in [0.15, 0.2) is 5.16 Å². The predicted molar refractivity (Wildman–Crippen MR) is 89.8 cm³/mol. The SMILES string of the molecule is Clc1ccc(CSc2nc3ccc(Br)cc3[nH]2)cc1Cl. The molecule has 0 aliphatic rings. The summed E-state index contributed by atoms with van der Waals surface area (Å²) in [4.78, 5) is 7.83. The molecule has 0 saturated heterocycles. The smallest absolute Gasteiger partial charge is 0.166 e. The van der Waals surface area contributed by atoms with Gasteiger partial charge in [0.2, 0.25) is 0 Å². The van der Waals surface area contributed by atoms with Crippen LogP contribution in [0.5, 0.6) is 0 Å². The molecule has 0 atom stereocenters. The quantitative estimate of drug-likeness (QED) is 0.564. The van der Waals surface area contributed by atoms with Crippen LogP contribution in [0.4, 0.5) is 0 Å². The van der Waals surface area contributed by atoms with Crippen LogP contribution < -0.4 is 0 Å². The largest absolute Gasteiger partial charge is 0.333 e. The highest BCUT2D eigenvalue weighted by Gasteiger charge is 2.05. The maximum Gasteiger partial charge on any atom is 0.166 e. The summed E-state index contributed by atoms with van der Waals surface area (Å²) in [6, 6.07) is 11.7. The van der Waals surface area contributed by atoms with Crippen molar-refractivity contribution in [3.63, 3.8) is 0 Å². The summed E-state index contributed by atoms with van der Waals surface area (Å²) in [5.74, 6) is 0.790. The summed E-state index contributed by atoms with van der Waals surface area (Å²) in [7, 11) is 0. The summed E-state index contributed by atoms with van der Waals surface area (Å²) in [5, 5.41) is 2.05. The maximum absolute atomic E-state index is 6.01. The number of nitrogens with zero attached hydrogens (tertiary/aromatic N) is 1. The summed E-state index contributed by atoms with van der Waals surface area (Å²) >= 11 is 17.0. The minimum atomic E-state index is 0.578. The number of aromatic nitrogens is 2. The average molecular weight is 388 g/mol. The van der Waals surface area contributed by atoms with Gasteiger partial charge in [-0.3, -0.25) is 0 Å². The first-order chi connectivity index (χ1) is 9.61. The lowest BCUT2D eigenvalue weighted by atomic mass is 10.2. The first-order valence-corrected chi connectivity index (χ1v) is 8.37. The average Bonchev–Trinajstić information content (AvgIpc) is 2.82. The van der Waals surface area contributed by atoms with Crippen LogP contribution in [0.25, 0.3) is 11.0 Å². The van der Waals surface area contributed by atoms with Gasteiger partial charge in [-0.1, -0.05) is 57.0 Å². The molecule has 1 N–H and O–H groups in total. The monoisotopic (exact) mass is 386 g/mol. The highest BCUT2D eigenvalue weighted by Crippen LogP contribution is 2.28. The second kappa shape index (κ2) is 5.98. The zero-order valence-electron chi connectivity index (χ0n) is 10.2. The van der Waals surface area contributed by atoms with Crippen LogP contribution in [0.3, 0.4) is 0 Å². The predicted octanol–water partition coefficient (Wildman–Crippen LogP) is 5.92. The summed E-state index contributed by atoms with van der Waals surface area (Å²) in [5.41, 5.74) is 3.10. The fraction of sp³-hybridized carbons (Fsp3) is 0.0714. The fourth-order valence-corrected chi connectivity index (χ4v) is 3.32. The van der Waals surface area contributed by atoms with E-state index in [0.717, 1.165) is 32.0 Å². The Morgan fingerprint density at radius 2 is 1.95 bits per heavy atom. The van der Waals surface area contributed by atoms with Gasteiger partial charge in [0.25, 0.3) is 0 Å². The first-order valence-electron chi connectivity index (χ1n) is 5.84. The number of nitrogens with one attached hydrogen (secondary N) is 1. The molecule has 0 bridgehead atoms. The van der Waals surface area contributed by atoms with E-state index in [1.807, 2.05) is 36.4 Å². The lowest BCUT2D eigenvalue weighted by Crippen LogP contribution is -1.82. The molecule has 1 heterocycles. The van der Waals surface area contributed by atoms with Crippen molar-refractivity contribution in [3.05, 3.63) is 56.5 Å². The van der Waals surface area contributed by atoms with Crippen LogP contribution >= 0.6 is 50.9 Å². The molecule has 0 fully saturated rings. The second-order valence-corrected chi connectivity index (χ2v) is 6.93. The van der Waals surface area contributed by atoms with Gasteiger partial charge in [0.1, 0.15) is 0 Å². The van der Waals surface area contributed by atoms with Crippen molar-refractivity contribution in [3.8, 4) is 0 Å². The number of hydrogen-bond donors (Lipinski definition) is 1. The fourth-order valence-electron chi connectivity index (χ4n) is 1.81. The molecule has 0 aliphatic carbocycles. The molecule has 0 saturated carbocycles. The minimum Gasteiger partial charge on any atom is -0.333 e. The number of halogens is 3. The Kier molecular flexibility index (Phi) is 4.26. The van der Waals surface area contributed by atoms with Crippen LogP contribution in [0, 0.1) is 0 Å². The lowest BCUT2D eigenvalue weighted by molar-refractivity contribution is 1.08. The summed E-state index contributed by atoms with van der Waals surface area (Å²) in [6.45, 7) is 0. The van der Waals surface area contributed by atoms with Crippen molar-refractivity contribution in [2.45, 2.75) is 10.9 Å². The van der Waals surface area contributed by atoms with Crippen LogP contribution in [0.2, 0.25) is 10.0 Å². The van der Waals surface area contributed by atoms with E-state index in [-0.39, 0.29) is 0 Å². The van der Waals surface area contributed by atoms with E-state index in [9.17, 15) is 0 Å². The van der Waals surface area contributed by atoms with Crippen molar-refractivity contribution in [2.75, 3.05) is 0 Å². The van der Waals surface area contributed by atoms with Gasteiger partial charge in [-0.25, -0.2) is 4.98 Å². The Balaban J connectivity index is 1.77. The number of H-pyrrole nitrogens is 1. The zero-order chi connectivity index (χ0) is 14.1. The standard InChI is InChI=1S/C14H9BrCl2N2S/c15-9-2-4-12-13(6-9)19-14(18-12)20-7-8-1-3-10(16)11(17)5-8/h1-6H,7H2,(H,18,19). The molecule has 2 aromatic carbocycles. The summed E-state index contributed by atoms with van der Waals surface area (Å²) in [6.07, 6.45) is 0. The van der Waals surface area contributed by atoms with Gasteiger partial charge in [0, 0.05) is 10.2 Å². The van der Waals surface area contributed by atoms with E-state index >= 15 is 0 Å². The van der Waals surface area contributed by atoms with Crippen molar-refractivity contribution in [2.24, 2.45) is 0 Å². The molecular weight excluding hydrogens is 379 g/mol. The van der Waals surface area contributed by atoms with Gasteiger partial charge < -0.3 is 4.98 Å². The first kappa shape index (κ1) is 14.3. The number of benzene rings is 2. The third-order valence-corrected chi connectivity index (χ3v) is 4.96. The number of rotatable bonds is 3. The summed E-state index contributed by atoms with van der Waals surface area (Å²) < 4.78 is 1.04. The third-order valence-electron chi connectivity index (χ3n) is 2.78. The van der Waals surface area contributed by atoms with Crippen LogP contribution in [0.15, 0.2) is 46.0 Å². The van der Waals surface area contributed by atoms with Crippen LogP contribution in [-0.2, 0) is 5.75 Å². The molecule has 0 unspecified atom stereocenters. The molecule has 102 valence electrons. The Labute approximate surface area is 139 Å². The third kappa shape index (κ3) is 3.14. The van der Waals surface area contributed by atoms with Crippen molar-refractivity contribution < 1.29 is 0 Å². The van der Waals surface area contributed by atoms with Crippen molar-refractivity contribution >= 4 is 61.9 Å². The van der Waals surface area contributed by atoms with Gasteiger partial charge in [-0.2, -0.15) is 0 Å². The normalized spacial score (nSPS) is 11.2. The number of imidazole rings is 1. The Hall–Kier alpha value is -0.680. The molecule has 2 nitrogen and oxygen atoms in total. The highest BCUT2D eigenvalue weighted by atomic mass is 79.9.